The second-order valence-corrected chi connectivity index (χ2v) is 7.72. The first-order valence-corrected chi connectivity index (χ1v) is 8.56. The molecule has 0 spiro atoms. The molecule has 24 heavy (non-hydrogen) atoms. The minimum Gasteiger partial charge on any atom is -0.464 e. The second kappa shape index (κ2) is 6.57. The van der Waals surface area contributed by atoms with E-state index in [0.717, 1.165) is 42.7 Å². The molecule has 1 aliphatic rings. The van der Waals surface area contributed by atoms with Crippen molar-refractivity contribution in [2.75, 3.05) is 33.2 Å². The number of amides is 1. The van der Waals surface area contributed by atoms with Crippen LogP contribution in [0.3, 0.4) is 0 Å². The summed E-state index contributed by atoms with van der Waals surface area (Å²) in [6.45, 7) is 10.2. The molecule has 1 aromatic heterocycles. The summed E-state index contributed by atoms with van der Waals surface area (Å²) in [6, 6.07) is 6.25. The summed E-state index contributed by atoms with van der Waals surface area (Å²) in [6.07, 6.45) is 2.05. The van der Waals surface area contributed by atoms with E-state index in [0.29, 0.717) is 6.42 Å². The zero-order chi connectivity index (χ0) is 17.3. The van der Waals surface area contributed by atoms with Crippen molar-refractivity contribution in [1.82, 2.24) is 15.3 Å². The Hall–Kier alpha value is -1.85. The molecule has 1 amide bonds. The van der Waals surface area contributed by atoms with Crippen LogP contribution in [0.5, 0.6) is 0 Å². The van der Waals surface area contributed by atoms with Gasteiger partial charge in [-0.1, -0.05) is 26.8 Å². The molecule has 5 heteroatoms. The molecule has 2 aromatic rings. The Morgan fingerprint density at radius 3 is 2.58 bits per heavy atom. The zero-order valence-corrected chi connectivity index (χ0v) is 15.1. The average molecular weight is 329 g/mol. The van der Waals surface area contributed by atoms with Gasteiger partial charge in [-0.25, -0.2) is 5.01 Å². The summed E-state index contributed by atoms with van der Waals surface area (Å²) in [5.74, 6) is 0.0171. The van der Waals surface area contributed by atoms with Gasteiger partial charge in [-0.2, -0.15) is 0 Å². The van der Waals surface area contributed by atoms with Crippen molar-refractivity contribution in [2.45, 2.75) is 32.6 Å². The monoisotopic (exact) mass is 329 g/mol. The summed E-state index contributed by atoms with van der Waals surface area (Å²) in [5, 5.41) is 3.04. The van der Waals surface area contributed by atoms with Gasteiger partial charge in [-0.05, 0) is 30.2 Å². The number of carbonyl (C=O) groups excluding carboxylic acids is 1. The third-order valence-corrected chi connectivity index (χ3v) is 4.66. The van der Waals surface area contributed by atoms with E-state index in [-0.39, 0.29) is 11.3 Å². The van der Waals surface area contributed by atoms with Gasteiger partial charge in [-0.15, -0.1) is 0 Å². The molecule has 1 aliphatic heterocycles. The highest BCUT2D eigenvalue weighted by atomic mass is 16.3. The maximum Gasteiger partial charge on any atom is 0.238 e. The van der Waals surface area contributed by atoms with Crippen LogP contribution in [0.4, 0.5) is 0 Å². The van der Waals surface area contributed by atoms with Crippen molar-refractivity contribution >= 4 is 16.9 Å². The number of fused-ring (bicyclic) bond motifs is 1. The van der Waals surface area contributed by atoms with Crippen LogP contribution in [-0.2, 0) is 16.6 Å². The highest BCUT2D eigenvalue weighted by molar-refractivity contribution is 5.88. The Morgan fingerprint density at radius 2 is 1.92 bits per heavy atom. The van der Waals surface area contributed by atoms with Gasteiger partial charge in [0.2, 0.25) is 5.91 Å². The maximum atomic E-state index is 12.4. The van der Waals surface area contributed by atoms with Crippen LogP contribution in [0.2, 0.25) is 0 Å². The summed E-state index contributed by atoms with van der Waals surface area (Å²) >= 11 is 0. The number of furan rings is 1. The van der Waals surface area contributed by atoms with Crippen LogP contribution in [0, 0.1) is 0 Å². The standard InChI is InChI=1S/C19H27N3O2/c1-19(2,3)15-5-6-17-16(12-15)14(13-24-17)11-18(23)20-22-9-7-21(4)8-10-22/h5-6,12-13H,7-11H2,1-4H3,(H,20,23). The molecule has 1 saturated heterocycles. The van der Waals surface area contributed by atoms with Crippen molar-refractivity contribution in [2.24, 2.45) is 0 Å². The van der Waals surface area contributed by atoms with Crippen LogP contribution >= 0.6 is 0 Å². The van der Waals surface area contributed by atoms with Crippen molar-refractivity contribution in [1.29, 1.82) is 0 Å². The summed E-state index contributed by atoms with van der Waals surface area (Å²) < 4.78 is 5.62. The van der Waals surface area contributed by atoms with Crippen LogP contribution in [0.15, 0.2) is 28.9 Å². The molecular formula is C19H27N3O2. The lowest BCUT2D eigenvalue weighted by Crippen LogP contribution is -2.52. The third-order valence-electron chi connectivity index (χ3n) is 4.66. The number of benzene rings is 1. The number of hydrogen-bond acceptors (Lipinski definition) is 4. The molecule has 1 fully saturated rings. The topological polar surface area (TPSA) is 48.7 Å². The van der Waals surface area contributed by atoms with Gasteiger partial charge < -0.3 is 9.32 Å². The van der Waals surface area contributed by atoms with Crippen LogP contribution in [-0.4, -0.2) is 49.0 Å². The normalized spacial score (nSPS) is 17.3. The fraction of sp³-hybridized carbons (Fsp3) is 0.526. The number of nitrogens with one attached hydrogen (secondary N) is 1. The molecule has 3 rings (SSSR count). The van der Waals surface area contributed by atoms with Gasteiger partial charge in [0, 0.05) is 37.1 Å². The van der Waals surface area contributed by atoms with Crippen LogP contribution < -0.4 is 5.43 Å². The Kier molecular flexibility index (Phi) is 4.65. The second-order valence-electron chi connectivity index (χ2n) is 7.72. The molecule has 0 unspecified atom stereocenters. The fourth-order valence-electron chi connectivity index (χ4n) is 2.99. The lowest BCUT2D eigenvalue weighted by Gasteiger charge is -2.32. The number of piperazine rings is 1. The Morgan fingerprint density at radius 1 is 1.21 bits per heavy atom. The van der Waals surface area contributed by atoms with Gasteiger partial charge >= 0.3 is 0 Å². The lowest BCUT2D eigenvalue weighted by atomic mass is 9.86. The number of likely N-dealkylation sites (N-methyl/N-ethyl adjacent to an activating group) is 1. The Bertz CT molecular complexity index is 722. The van der Waals surface area contributed by atoms with E-state index in [1.807, 2.05) is 11.1 Å². The van der Waals surface area contributed by atoms with Crippen molar-refractivity contribution in [3.05, 3.63) is 35.6 Å². The Balaban J connectivity index is 1.71. The van der Waals surface area contributed by atoms with Crippen LogP contribution in [0.25, 0.3) is 11.0 Å². The lowest BCUT2D eigenvalue weighted by molar-refractivity contribution is -0.126. The highest BCUT2D eigenvalue weighted by Crippen LogP contribution is 2.29. The minimum absolute atomic E-state index is 0.0171. The van der Waals surface area contributed by atoms with Gasteiger partial charge in [0.05, 0.1) is 12.7 Å². The zero-order valence-electron chi connectivity index (χ0n) is 15.1. The maximum absolute atomic E-state index is 12.4. The number of rotatable bonds is 3. The molecule has 5 nitrogen and oxygen atoms in total. The van der Waals surface area contributed by atoms with E-state index in [9.17, 15) is 4.79 Å². The molecule has 2 heterocycles. The summed E-state index contributed by atoms with van der Waals surface area (Å²) in [5.41, 5.74) is 6.12. The molecule has 0 radical (unpaired) electrons. The first-order valence-electron chi connectivity index (χ1n) is 8.56. The molecule has 0 atom stereocenters. The number of hydrazine groups is 1. The van der Waals surface area contributed by atoms with Gasteiger partial charge in [-0.3, -0.25) is 10.2 Å². The van der Waals surface area contributed by atoms with Gasteiger partial charge in [0.1, 0.15) is 5.58 Å². The molecular weight excluding hydrogens is 302 g/mol. The van der Waals surface area contributed by atoms with E-state index in [2.05, 4.69) is 50.3 Å². The van der Waals surface area contributed by atoms with E-state index < -0.39 is 0 Å². The van der Waals surface area contributed by atoms with Crippen LogP contribution in [0.1, 0.15) is 31.9 Å². The minimum atomic E-state index is 0.0171. The molecule has 0 bridgehead atoms. The first kappa shape index (κ1) is 17.0. The Labute approximate surface area is 143 Å². The smallest absolute Gasteiger partial charge is 0.238 e. The van der Waals surface area contributed by atoms with E-state index >= 15 is 0 Å². The largest absolute Gasteiger partial charge is 0.464 e. The molecule has 0 aliphatic carbocycles. The van der Waals surface area contributed by atoms with Gasteiger partial charge in [0.15, 0.2) is 0 Å². The highest BCUT2D eigenvalue weighted by Gasteiger charge is 2.19. The summed E-state index contributed by atoms with van der Waals surface area (Å²) in [7, 11) is 2.10. The fourth-order valence-corrected chi connectivity index (χ4v) is 2.99. The van der Waals surface area contributed by atoms with E-state index in [4.69, 9.17) is 4.42 Å². The van der Waals surface area contributed by atoms with E-state index in [1.165, 1.54) is 5.56 Å². The molecule has 1 N–H and O–H groups in total. The van der Waals surface area contributed by atoms with Crippen molar-refractivity contribution in [3.8, 4) is 0 Å². The molecule has 130 valence electrons. The summed E-state index contributed by atoms with van der Waals surface area (Å²) in [4.78, 5) is 14.6. The third kappa shape index (κ3) is 3.79. The van der Waals surface area contributed by atoms with Crippen molar-refractivity contribution in [3.63, 3.8) is 0 Å². The SMILES string of the molecule is CN1CCN(NC(=O)Cc2coc3ccc(C(C)(C)C)cc23)CC1. The van der Waals surface area contributed by atoms with E-state index in [1.54, 1.807) is 6.26 Å². The average Bonchev–Trinajstić information content (AvgIpc) is 2.91. The molecule has 1 aromatic carbocycles. The van der Waals surface area contributed by atoms with Gasteiger partial charge in [0.25, 0.3) is 0 Å². The van der Waals surface area contributed by atoms with Crippen molar-refractivity contribution < 1.29 is 9.21 Å². The number of hydrogen-bond donors (Lipinski definition) is 1. The number of nitrogens with zero attached hydrogens (tertiary/aromatic N) is 2. The first-order chi connectivity index (χ1) is 11.3. The quantitative estimate of drug-likeness (QED) is 0.940. The number of carbonyl (C=O) groups is 1. The molecule has 0 saturated carbocycles. The predicted molar refractivity (Wildman–Crippen MR) is 95.8 cm³/mol. The predicted octanol–water partition coefficient (Wildman–Crippen LogP) is 2.55.